The van der Waals surface area contributed by atoms with E-state index in [1.165, 1.54) is 10.8 Å². The molecule has 0 amide bonds. The number of pyridine rings is 3. The maximum Gasteiger partial charge on any atom is 0.153 e. The Morgan fingerprint density at radius 3 is 1.81 bits per heavy atom. The van der Waals surface area contributed by atoms with E-state index in [0.29, 0.717) is 0 Å². The van der Waals surface area contributed by atoms with Crippen LogP contribution in [-0.2, 0) is 0 Å². The van der Waals surface area contributed by atoms with Gasteiger partial charge in [-0.2, -0.15) is 0 Å². The van der Waals surface area contributed by atoms with Crippen molar-refractivity contribution in [1.29, 1.82) is 0 Å². The summed E-state index contributed by atoms with van der Waals surface area (Å²) in [4.78, 5) is 15.3. The monoisotopic (exact) mass is 805 g/mol. The third kappa shape index (κ3) is 5.69. The average molecular weight is 806 g/mol. The summed E-state index contributed by atoms with van der Waals surface area (Å²) < 4.78 is 10.8. The van der Waals surface area contributed by atoms with Crippen molar-refractivity contribution in [3.63, 3.8) is 0 Å². The first kappa shape index (κ1) is 35.2. The van der Waals surface area contributed by atoms with E-state index in [1.807, 2.05) is 24.4 Å². The minimum Gasteiger partial charge on any atom is -0.454 e. The van der Waals surface area contributed by atoms with Gasteiger partial charge in [0.2, 0.25) is 0 Å². The minimum atomic E-state index is 0.785. The van der Waals surface area contributed by atoms with Crippen molar-refractivity contribution >= 4 is 65.7 Å². The molecule has 0 unspecified atom stereocenters. The first-order valence-corrected chi connectivity index (χ1v) is 21.2. The summed E-state index contributed by atoms with van der Waals surface area (Å²) in [6.45, 7) is 0. The van der Waals surface area contributed by atoms with Gasteiger partial charge >= 0.3 is 0 Å². The second kappa shape index (κ2) is 14.0. The lowest BCUT2D eigenvalue weighted by Crippen LogP contribution is -2.00. The van der Waals surface area contributed by atoms with Crippen molar-refractivity contribution in [2.24, 2.45) is 0 Å². The molecule has 63 heavy (non-hydrogen) atoms. The minimum absolute atomic E-state index is 0.785. The van der Waals surface area contributed by atoms with Crippen LogP contribution in [0.25, 0.3) is 122 Å². The van der Waals surface area contributed by atoms with E-state index in [0.717, 1.165) is 111 Å². The zero-order chi connectivity index (χ0) is 41.4. The molecule has 0 saturated carbocycles. The van der Waals surface area contributed by atoms with Crippen LogP contribution < -0.4 is 0 Å². The molecule has 6 heteroatoms. The predicted molar refractivity (Wildman–Crippen MR) is 258 cm³/mol. The number of hydrogen-bond donors (Lipinski definition) is 0. The smallest absolute Gasteiger partial charge is 0.153 e. The second-order valence-corrected chi connectivity index (χ2v) is 16.0. The van der Waals surface area contributed by atoms with Gasteiger partial charge in [-0.15, -0.1) is 0 Å². The standard InChI is InChI=1S/C57H35N5O/c1-3-13-36(14-4-1)40-32-49(37-15-5-2-6-16-37)60-56(34-40)62-51-22-10-8-18-43(51)45-31-38(25-28-52(45)62)47-19-11-20-48(59-47)39-24-27-44-42-17-7-9-21-50(42)61(53(44)33-39)41-26-29-54-46(35-41)57-55(63-54)23-12-30-58-57/h1-35H. The van der Waals surface area contributed by atoms with Crippen molar-refractivity contribution < 1.29 is 4.42 Å². The van der Waals surface area contributed by atoms with Gasteiger partial charge in [0.05, 0.1) is 39.1 Å². The van der Waals surface area contributed by atoms with Crippen LogP contribution in [0, 0.1) is 0 Å². The summed E-state index contributed by atoms with van der Waals surface area (Å²) in [5.41, 5.74) is 16.1. The maximum atomic E-state index is 6.15. The van der Waals surface area contributed by atoms with E-state index in [2.05, 4.69) is 202 Å². The Hall–Kier alpha value is -8.61. The van der Waals surface area contributed by atoms with Crippen LogP contribution in [0.15, 0.2) is 217 Å². The Morgan fingerprint density at radius 2 is 1.00 bits per heavy atom. The molecule has 6 heterocycles. The summed E-state index contributed by atoms with van der Waals surface area (Å²) in [6.07, 6.45) is 1.82. The molecule has 0 fully saturated rings. The van der Waals surface area contributed by atoms with Crippen molar-refractivity contribution in [1.82, 2.24) is 24.1 Å². The number of benzene rings is 7. The van der Waals surface area contributed by atoms with Crippen LogP contribution in [0.5, 0.6) is 0 Å². The fraction of sp³-hybridized carbons (Fsp3) is 0. The van der Waals surface area contributed by atoms with Crippen LogP contribution in [0.1, 0.15) is 0 Å². The van der Waals surface area contributed by atoms with E-state index < -0.39 is 0 Å². The summed E-state index contributed by atoms with van der Waals surface area (Å²) >= 11 is 0. The lowest BCUT2D eigenvalue weighted by molar-refractivity contribution is 0.668. The number of fused-ring (bicyclic) bond motifs is 9. The molecule has 7 aromatic carbocycles. The Bertz CT molecular complexity index is 3860. The third-order valence-electron chi connectivity index (χ3n) is 12.4. The molecular formula is C57H35N5O. The summed E-state index contributed by atoms with van der Waals surface area (Å²) in [5, 5.41) is 5.68. The topological polar surface area (TPSA) is 61.7 Å². The first-order valence-electron chi connectivity index (χ1n) is 21.2. The van der Waals surface area contributed by atoms with Gasteiger partial charge in [-0.05, 0) is 96.1 Å². The van der Waals surface area contributed by atoms with Crippen molar-refractivity contribution in [2.75, 3.05) is 0 Å². The van der Waals surface area contributed by atoms with Crippen LogP contribution >= 0.6 is 0 Å². The molecular weight excluding hydrogens is 771 g/mol. The van der Waals surface area contributed by atoms with Gasteiger partial charge in [-0.1, -0.05) is 121 Å². The Labute approximate surface area is 361 Å². The van der Waals surface area contributed by atoms with E-state index >= 15 is 0 Å². The van der Waals surface area contributed by atoms with Crippen molar-refractivity contribution in [3.05, 3.63) is 212 Å². The fourth-order valence-electron chi connectivity index (χ4n) is 9.45. The van der Waals surface area contributed by atoms with Gasteiger partial charge < -0.3 is 8.98 Å². The molecule has 6 nitrogen and oxygen atoms in total. The quantitative estimate of drug-likeness (QED) is 0.168. The zero-order valence-corrected chi connectivity index (χ0v) is 33.9. The molecule has 0 saturated heterocycles. The van der Waals surface area contributed by atoms with E-state index in [1.54, 1.807) is 0 Å². The molecule has 6 aromatic heterocycles. The normalized spacial score (nSPS) is 11.8. The average Bonchev–Trinajstić information content (AvgIpc) is 4.01. The number of para-hydroxylation sites is 2. The molecule has 0 bridgehead atoms. The van der Waals surface area contributed by atoms with Crippen molar-refractivity contribution in [2.45, 2.75) is 0 Å². The zero-order valence-electron chi connectivity index (χ0n) is 33.9. The maximum absolute atomic E-state index is 6.15. The molecule has 13 rings (SSSR count). The summed E-state index contributed by atoms with van der Waals surface area (Å²) in [6, 6.07) is 72.6. The summed E-state index contributed by atoms with van der Waals surface area (Å²) in [5.74, 6) is 0.872. The SMILES string of the molecule is c1ccc(-c2cc(-c3ccccc3)nc(-n3c4ccccc4c4cc(-c5cccc(-c6ccc7c8ccccc8n(-c8ccc9oc%10cccnc%10c9c8)c7c6)n5)ccc43)c2)cc1. The highest BCUT2D eigenvalue weighted by Gasteiger charge is 2.19. The molecule has 0 radical (unpaired) electrons. The number of aromatic nitrogens is 5. The molecule has 0 aliphatic carbocycles. The van der Waals surface area contributed by atoms with Crippen LogP contribution in [-0.4, -0.2) is 24.1 Å². The molecule has 0 N–H and O–H groups in total. The van der Waals surface area contributed by atoms with E-state index in [-0.39, 0.29) is 0 Å². The van der Waals surface area contributed by atoms with Gasteiger partial charge in [0, 0.05) is 55.5 Å². The molecule has 0 spiro atoms. The Morgan fingerprint density at radius 1 is 0.333 bits per heavy atom. The van der Waals surface area contributed by atoms with Gasteiger partial charge in [0.25, 0.3) is 0 Å². The van der Waals surface area contributed by atoms with E-state index in [9.17, 15) is 0 Å². The van der Waals surface area contributed by atoms with Crippen LogP contribution in [0.2, 0.25) is 0 Å². The predicted octanol–water partition coefficient (Wildman–Crippen LogP) is 14.6. The van der Waals surface area contributed by atoms with E-state index in [4.69, 9.17) is 14.4 Å². The molecule has 13 aromatic rings. The van der Waals surface area contributed by atoms with Crippen LogP contribution in [0.4, 0.5) is 0 Å². The highest BCUT2D eigenvalue weighted by atomic mass is 16.3. The molecule has 0 aliphatic rings. The number of hydrogen-bond acceptors (Lipinski definition) is 4. The summed E-state index contributed by atoms with van der Waals surface area (Å²) in [7, 11) is 0. The third-order valence-corrected chi connectivity index (χ3v) is 12.4. The fourth-order valence-corrected chi connectivity index (χ4v) is 9.45. The molecule has 0 aliphatic heterocycles. The van der Waals surface area contributed by atoms with Gasteiger partial charge in [-0.3, -0.25) is 9.55 Å². The first-order chi connectivity index (χ1) is 31.2. The lowest BCUT2D eigenvalue weighted by atomic mass is 10.0. The largest absolute Gasteiger partial charge is 0.454 e. The number of furan rings is 1. The molecule has 0 atom stereocenters. The highest BCUT2D eigenvalue weighted by molar-refractivity contribution is 6.12. The highest BCUT2D eigenvalue weighted by Crippen LogP contribution is 2.39. The Kier molecular flexibility index (Phi) is 7.80. The number of rotatable bonds is 6. The van der Waals surface area contributed by atoms with Gasteiger partial charge in [-0.25, -0.2) is 9.97 Å². The van der Waals surface area contributed by atoms with Gasteiger partial charge in [0.15, 0.2) is 5.58 Å². The second-order valence-electron chi connectivity index (χ2n) is 16.0. The number of nitrogens with zero attached hydrogens (tertiary/aromatic N) is 5. The lowest BCUT2D eigenvalue weighted by Gasteiger charge is -2.13. The van der Waals surface area contributed by atoms with Gasteiger partial charge in [0.1, 0.15) is 16.9 Å². The molecule has 294 valence electrons. The van der Waals surface area contributed by atoms with Crippen molar-refractivity contribution in [3.8, 4) is 56.4 Å². The van der Waals surface area contributed by atoms with Crippen LogP contribution in [0.3, 0.4) is 0 Å². The Balaban J connectivity index is 0.937.